The lowest BCUT2D eigenvalue weighted by atomic mass is 9.77. The maximum absolute atomic E-state index is 6.14. The van der Waals surface area contributed by atoms with Crippen LogP contribution in [0.4, 0.5) is 0 Å². The van der Waals surface area contributed by atoms with Gasteiger partial charge in [-0.2, -0.15) is 0 Å². The first-order chi connectivity index (χ1) is 8.70. The van der Waals surface area contributed by atoms with Gasteiger partial charge in [0, 0.05) is 6.04 Å². The van der Waals surface area contributed by atoms with Crippen molar-refractivity contribution in [3.63, 3.8) is 0 Å². The van der Waals surface area contributed by atoms with E-state index in [-0.39, 0.29) is 0 Å². The molecule has 18 heavy (non-hydrogen) atoms. The third-order valence-corrected chi connectivity index (χ3v) is 4.86. The predicted octanol–water partition coefficient (Wildman–Crippen LogP) is 3.75. The van der Waals surface area contributed by atoms with Crippen LogP contribution in [0.5, 0.6) is 0 Å². The van der Waals surface area contributed by atoms with E-state index < -0.39 is 0 Å². The first-order valence-electron chi connectivity index (χ1n) is 8.09. The lowest BCUT2D eigenvalue weighted by Crippen LogP contribution is -2.46. The third kappa shape index (κ3) is 3.71. The zero-order valence-electron chi connectivity index (χ0n) is 12.5. The molecule has 1 N–H and O–H groups in total. The Balaban J connectivity index is 1.91. The molecule has 0 radical (unpaired) electrons. The van der Waals surface area contributed by atoms with Gasteiger partial charge in [-0.1, -0.05) is 26.7 Å². The molecule has 1 saturated heterocycles. The van der Waals surface area contributed by atoms with Gasteiger partial charge in [-0.3, -0.25) is 0 Å². The number of nitrogens with one attached hydrogen (secondary N) is 1. The Hall–Kier alpha value is -0.0800. The fourth-order valence-corrected chi connectivity index (χ4v) is 3.66. The molecule has 1 aliphatic heterocycles. The molecular weight excluding hydrogens is 222 g/mol. The standard InChI is InChI=1S/C16H31NO/c1-4-11-17-16(15-10-7-13(3)18-15)14-8-5-12(2)6-9-14/h12-17H,4-11H2,1-3H3. The van der Waals surface area contributed by atoms with Crippen molar-refractivity contribution in [2.45, 2.75) is 84.0 Å². The second kappa shape index (κ2) is 6.91. The Kier molecular flexibility index (Phi) is 5.50. The second-order valence-electron chi connectivity index (χ2n) is 6.56. The average molecular weight is 253 g/mol. The monoisotopic (exact) mass is 253 g/mol. The maximum Gasteiger partial charge on any atom is 0.0735 e. The molecule has 2 aliphatic rings. The smallest absolute Gasteiger partial charge is 0.0735 e. The number of rotatable bonds is 5. The summed E-state index contributed by atoms with van der Waals surface area (Å²) in [5, 5.41) is 3.79. The van der Waals surface area contributed by atoms with E-state index in [1.165, 1.54) is 44.9 Å². The highest BCUT2D eigenvalue weighted by atomic mass is 16.5. The van der Waals surface area contributed by atoms with Gasteiger partial charge < -0.3 is 10.1 Å². The number of ether oxygens (including phenoxy) is 1. The molecule has 3 unspecified atom stereocenters. The molecule has 2 nitrogen and oxygen atoms in total. The zero-order chi connectivity index (χ0) is 13.0. The lowest BCUT2D eigenvalue weighted by molar-refractivity contribution is 0.0100. The van der Waals surface area contributed by atoms with E-state index >= 15 is 0 Å². The molecule has 0 aromatic carbocycles. The summed E-state index contributed by atoms with van der Waals surface area (Å²) in [5.41, 5.74) is 0. The topological polar surface area (TPSA) is 21.3 Å². The molecule has 106 valence electrons. The Labute approximate surface area is 113 Å². The minimum absolute atomic E-state index is 0.475. The Morgan fingerprint density at radius 2 is 1.78 bits per heavy atom. The Morgan fingerprint density at radius 3 is 2.33 bits per heavy atom. The minimum atomic E-state index is 0.475. The molecule has 2 fully saturated rings. The van der Waals surface area contributed by atoms with Crippen LogP contribution in [0.2, 0.25) is 0 Å². The van der Waals surface area contributed by atoms with Crippen molar-refractivity contribution in [2.24, 2.45) is 11.8 Å². The van der Waals surface area contributed by atoms with Crippen molar-refractivity contribution in [3.8, 4) is 0 Å². The summed E-state index contributed by atoms with van der Waals surface area (Å²) in [6.07, 6.45) is 10.3. The van der Waals surface area contributed by atoms with E-state index in [1.54, 1.807) is 0 Å². The van der Waals surface area contributed by atoms with Gasteiger partial charge in [-0.05, 0) is 57.4 Å². The molecule has 3 atom stereocenters. The number of hydrogen-bond acceptors (Lipinski definition) is 2. The maximum atomic E-state index is 6.14. The molecule has 0 aromatic rings. The van der Waals surface area contributed by atoms with E-state index in [2.05, 4.69) is 26.1 Å². The zero-order valence-corrected chi connectivity index (χ0v) is 12.5. The SMILES string of the molecule is CCCNC(C1CCC(C)CC1)C1CCC(C)O1. The number of hydrogen-bond donors (Lipinski definition) is 1. The summed E-state index contributed by atoms with van der Waals surface area (Å²) < 4.78 is 6.14. The summed E-state index contributed by atoms with van der Waals surface area (Å²) >= 11 is 0. The highest BCUT2D eigenvalue weighted by Gasteiger charge is 2.35. The summed E-state index contributed by atoms with van der Waals surface area (Å²) in [4.78, 5) is 0. The first kappa shape index (κ1) is 14.3. The second-order valence-corrected chi connectivity index (χ2v) is 6.56. The Bertz CT molecular complexity index is 235. The lowest BCUT2D eigenvalue weighted by Gasteiger charge is -2.36. The van der Waals surface area contributed by atoms with Crippen molar-refractivity contribution in [3.05, 3.63) is 0 Å². The summed E-state index contributed by atoms with van der Waals surface area (Å²) in [7, 11) is 0. The molecular formula is C16H31NO. The summed E-state index contributed by atoms with van der Waals surface area (Å²) in [5.74, 6) is 1.79. The van der Waals surface area contributed by atoms with Crippen LogP contribution >= 0.6 is 0 Å². The van der Waals surface area contributed by atoms with Crippen molar-refractivity contribution < 1.29 is 4.74 Å². The highest BCUT2D eigenvalue weighted by molar-refractivity contribution is 4.89. The van der Waals surface area contributed by atoms with Gasteiger partial charge in [-0.25, -0.2) is 0 Å². The third-order valence-electron chi connectivity index (χ3n) is 4.86. The molecule has 0 bridgehead atoms. The summed E-state index contributed by atoms with van der Waals surface area (Å²) in [6.45, 7) is 8.02. The van der Waals surface area contributed by atoms with Gasteiger partial charge in [0.1, 0.15) is 0 Å². The molecule has 0 aromatic heterocycles. The molecule has 0 amide bonds. The van der Waals surface area contributed by atoms with Gasteiger partial charge in [0.2, 0.25) is 0 Å². The molecule has 1 heterocycles. The van der Waals surface area contributed by atoms with Crippen LogP contribution in [0.15, 0.2) is 0 Å². The van der Waals surface area contributed by atoms with Crippen LogP contribution in [0.3, 0.4) is 0 Å². The highest BCUT2D eigenvalue weighted by Crippen LogP contribution is 2.35. The van der Waals surface area contributed by atoms with Gasteiger partial charge in [0.25, 0.3) is 0 Å². The van der Waals surface area contributed by atoms with E-state index in [4.69, 9.17) is 4.74 Å². The largest absolute Gasteiger partial charge is 0.374 e. The fraction of sp³-hybridized carbons (Fsp3) is 1.00. The fourth-order valence-electron chi connectivity index (χ4n) is 3.66. The van der Waals surface area contributed by atoms with Gasteiger partial charge in [0.15, 0.2) is 0 Å². The van der Waals surface area contributed by atoms with E-state index in [1.807, 2.05) is 0 Å². The first-order valence-corrected chi connectivity index (χ1v) is 8.09. The van der Waals surface area contributed by atoms with Crippen LogP contribution < -0.4 is 5.32 Å². The van der Waals surface area contributed by atoms with Gasteiger partial charge >= 0.3 is 0 Å². The Morgan fingerprint density at radius 1 is 1.06 bits per heavy atom. The molecule has 1 saturated carbocycles. The van der Waals surface area contributed by atoms with Crippen LogP contribution in [0.1, 0.15) is 65.7 Å². The molecule has 0 spiro atoms. The predicted molar refractivity (Wildman–Crippen MR) is 76.8 cm³/mol. The summed E-state index contributed by atoms with van der Waals surface area (Å²) in [6, 6.07) is 0.613. The van der Waals surface area contributed by atoms with E-state index in [9.17, 15) is 0 Å². The van der Waals surface area contributed by atoms with Crippen molar-refractivity contribution in [1.82, 2.24) is 5.32 Å². The minimum Gasteiger partial charge on any atom is -0.374 e. The van der Waals surface area contributed by atoms with Crippen LogP contribution in [0.25, 0.3) is 0 Å². The van der Waals surface area contributed by atoms with Crippen molar-refractivity contribution in [2.75, 3.05) is 6.54 Å². The van der Waals surface area contributed by atoms with Gasteiger partial charge in [0.05, 0.1) is 12.2 Å². The molecule has 2 rings (SSSR count). The van der Waals surface area contributed by atoms with E-state index in [0.29, 0.717) is 18.2 Å². The van der Waals surface area contributed by atoms with Crippen molar-refractivity contribution in [1.29, 1.82) is 0 Å². The molecule has 2 heteroatoms. The quantitative estimate of drug-likeness (QED) is 0.805. The van der Waals surface area contributed by atoms with Crippen LogP contribution in [-0.4, -0.2) is 24.8 Å². The molecule has 1 aliphatic carbocycles. The van der Waals surface area contributed by atoms with Crippen molar-refractivity contribution >= 4 is 0 Å². The van der Waals surface area contributed by atoms with Crippen LogP contribution in [-0.2, 0) is 4.74 Å². The van der Waals surface area contributed by atoms with Gasteiger partial charge in [-0.15, -0.1) is 0 Å². The normalized spacial score (nSPS) is 38.8. The van der Waals surface area contributed by atoms with Crippen LogP contribution in [0, 0.1) is 11.8 Å². The average Bonchev–Trinajstić information content (AvgIpc) is 2.78. The van der Waals surface area contributed by atoms with E-state index in [0.717, 1.165) is 18.4 Å².